The molecule has 0 aliphatic heterocycles. The van der Waals surface area contributed by atoms with Crippen LogP contribution in [0.25, 0.3) is 0 Å². The Balaban J connectivity index is 1.80. The van der Waals surface area contributed by atoms with Crippen LogP contribution in [-0.2, 0) is 12.7 Å². The molecule has 0 aromatic carbocycles. The first-order valence-corrected chi connectivity index (χ1v) is 10.4. The van der Waals surface area contributed by atoms with Gasteiger partial charge in [0, 0.05) is 42.8 Å². The Morgan fingerprint density at radius 2 is 1.84 bits per heavy atom. The van der Waals surface area contributed by atoms with E-state index in [0.29, 0.717) is 29.9 Å². The molecule has 3 N–H and O–H groups in total. The zero-order chi connectivity index (χ0) is 23.7. The highest BCUT2D eigenvalue weighted by Gasteiger charge is 2.46. The second-order valence-corrected chi connectivity index (χ2v) is 9.74. The molecule has 32 heavy (non-hydrogen) atoms. The number of halogens is 3. The van der Waals surface area contributed by atoms with Crippen molar-refractivity contribution >= 4 is 11.5 Å². The van der Waals surface area contributed by atoms with Gasteiger partial charge in [-0.05, 0) is 29.7 Å². The monoisotopic (exact) mass is 447 g/mol. The van der Waals surface area contributed by atoms with Crippen molar-refractivity contribution in [3.63, 3.8) is 0 Å². The SMILES string of the molecule is CC1(C)CC(Nc2cc(NCc3cnccc3C(F)(F)F)ncc2C#N)CC(C)(C)C1O. The molecule has 0 atom stereocenters. The van der Waals surface area contributed by atoms with Crippen molar-refractivity contribution in [1.82, 2.24) is 9.97 Å². The van der Waals surface area contributed by atoms with Gasteiger partial charge in [-0.3, -0.25) is 4.98 Å². The Hall–Kier alpha value is -2.86. The lowest BCUT2D eigenvalue weighted by atomic mass is 9.61. The van der Waals surface area contributed by atoms with Gasteiger partial charge in [0.25, 0.3) is 0 Å². The number of nitriles is 1. The molecule has 2 aromatic rings. The summed E-state index contributed by atoms with van der Waals surface area (Å²) < 4.78 is 39.6. The lowest BCUT2D eigenvalue weighted by Gasteiger charge is -2.49. The third-order valence-electron chi connectivity index (χ3n) is 6.08. The molecule has 1 aliphatic rings. The zero-order valence-corrected chi connectivity index (χ0v) is 18.6. The number of aliphatic hydroxyl groups is 1. The second-order valence-electron chi connectivity index (χ2n) is 9.74. The van der Waals surface area contributed by atoms with Crippen LogP contribution in [0.2, 0.25) is 0 Å². The van der Waals surface area contributed by atoms with Crippen LogP contribution in [0.5, 0.6) is 0 Å². The molecule has 0 amide bonds. The van der Waals surface area contributed by atoms with Gasteiger partial charge in [-0.25, -0.2) is 4.98 Å². The predicted octanol–water partition coefficient (Wildman–Crippen LogP) is 4.97. The van der Waals surface area contributed by atoms with Crippen LogP contribution in [-0.4, -0.2) is 27.2 Å². The largest absolute Gasteiger partial charge is 0.416 e. The molecule has 0 radical (unpaired) electrons. The van der Waals surface area contributed by atoms with Gasteiger partial charge in [-0.1, -0.05) is 27.7 Å². The number of anilines is 2. The average Bonchev–Trinajstić information content (AvgIpc) is 2.70. The number of hydrogen-bond donors (Lipinski definition) is 3. The number of nitrogens with one attached hydrogen (secondary N) is 2. The molecule has 1 fully saturated rings. The van der Waals surface area contributed by atoms with Gasteiger partial charge in [0.05, 0.1) is 22.9 Å². The molecule has 9 heteroatoms. The highest BCUT2D eigenvalue weighted by Crippen LogP contribution is 2.46. The quantitative estimate of drug-likeness (QED) is 0.599. The Bertz CT molecular complexity index is 995. The summed E-state index contributed by atoms with van der Waals surface area (Å²) >= 11 is 0. The van der Waals surface area contributed by atoms with E-state index in [1.165, 1.54) is 12.4 Å². The fourth-order valence-electron chi connectivity index (χ4n) is 4.74. The van der Waals surface area contributed by atoms with Crippen molar-refractivity contribution in [2.45, 2.75) is 65.4 Å². The van der Waals surface area contributed by atoms with Gasteiger partial charge in [0.15, 0.2) is 0 Å². The third-order valence-corrected chi connectivity index (χ3v) is 6.08. The van der Waals surface area contributed by atoms with Crippen molar-refractivity contribution in [3.05, 3.63) is 47.4 Å². The number of aliphatic hydroxyl groups excluding tert-OH is 1. The van der Waals surface area contributed by atoms with E-state index in [0.717, 1.165) is 12.3 Å². The first-order chi connectivity index (χ1) is 14.8. The van der Waals surface area contributed by atoms with Gasteiger partial charge in [0.2, 0.25) is 0 Å². The van der Waals surface area contributed by atoms with E-state index in [2.05, 4.69) is 26.7 Å². The molecule has 6 nitrogen and oxygen atoms in total. The summed E-state index contributed by atoms with van der Waals surface area (Å²) in [5.41, 5.74) is -0.471. The van der Waals surface area contributed by atoms with Gasteiger partial charge in [0.1, 0.15) is 11.9 Å². The van der Waals surface area contributed by atoms with Crippen molar-refractivity contribution in [2.24, 2.45) is 10.8 Å². The molecular formula is C23H28F3N5O. The highest BCUT2D eigenvalue weighted by molar-refractivity contribution is 5.62. The van der Waals surface area contributed by atoms with E-state index in [1.807, 2.05) is 27.7 Å². The maximum atomic E-state index is 13.2. The Labute approximate surface area is 185 Å². The zero-order valence-electron chi connectivity index (χ0n) is 18.6. The van der Waals surface area contributed by atoms with Crippen LogP contribution in [0.4, 0.5) is 24.7 Å². The second kappa shape index (κ2) is 8.58. The van der Waals surface area contributed by atoms with Crippen LogP contribution >= 0.6 is 0 Å². The fourth-order valence-corrected chi connectivity index (χ4v) is 4.74. The summed E-state index contributed by atoms with van der Waals surface area (Å²) in [4.78, 5) is 7.95. The van der Waals surface area contributed by atoms with E-state index >= 15 is 0 Å². The number of rotatable bonds is 5. The van der Waals surface area contributed by atoms with Gasteiger partial charge in [-0.2, -0.15) is 18.4 Å². The molecule has 0 bridgehead atoms. The molecule has 2 heterocycles. The van der Waals surface area contributed by atoms with Crippen molar-refractivity contribution in [2.75, 3.05) is 10.6 Å². The maximum absolute atomic E-state index is 13.2. The first kappa shape index (κ1) is 23.8. The van der Waals surface area contributed by atoms with Crippen LogP contribution in [0.1, 0.15) is 57.2 Å². The van der Waals surface area contributed by atoms with E-state index in [-0.39, 0.29) is 29.0 Å². The van der Waals surface area contributed by atoms with E-state index in [1.54, 1.807) is 6.07 Å². The van der Waals surface area contributed by atoms with E-state index in [4.69, 9.17) is 0 Å². The molecule has 0 saturated heterocycles. The lowest BCUT2D eigenvalue weighted by Crippen LogP contribution is -2.51. The van der Waals surface area contributed by atoms with E-state index < -0.39 is 17.8 Å². The van der Waals surface area contributed by atoms with Crippen molar-refractivity contribution in [1.29, 1.82) is 5.26 Å². The summed E-state index contributed by atoms with van der Waals surface area (Å²) in [5, 5.41) is 26.5. The number of nitrogens with zero attached hydrogens (tertiary/aromatic N) is 3. The van der Waals surface area contributed by atoms with Crippen LogP contribution in [0.3, 0.4) is 0 Å². The Morgan fingerprint density at radius 1 is 1.19 bits per heavy atom. The van der Waals surface area contributed by atoms with Gasteiger partial charge in [-0.15, -0.1) is 0 Å². The van der Waals surface area contributed by atoms with Gasteiger partial charge >= 0.3 is 6.18 Å². The first-order valence-electron chi connectivity index (χ1n) is 10.4. The van der Waals surface area contributed by atoms with Crippen LogP contribution in [0, 0.1) is 22.2 Å². The minimum atomic E-state index is -4.48. The Morgan fingerprint density at radius 3 is 2.44 bits per heavy atom. The smallest absolute Gasteiger partial charge is 0.392 e. The normalized spacial score (nSPS) is 22.1. The molecule has 172 valence electrons. The summed E-state index contributed by atoms with van der Waals surface area (Å²) in [6, 6.07) is 4.69. The number of pyridine rings is 2. The third kappa shape index (κ3) is 5.13. The molecule has 0 spiro atoms. The van der Waals surface area contributed by atoms with Crippen molar-refractivity contribution < 1.29 is 18.3 Å². The summed E-state index contributed by atoms with van der Waals surface area (Å²) in [7, 11) is 0. The summed E-state index contributed by atoms with van der Waals surface area (Å²) in [5.74, 6) is 0.345. The minimum absolute atomic E-state index is 0.00503. The van der Waals surface area contributed by atoms with Gasteiger partial charge < -0.3 is 15.7 Å². The van der Waals surface area contributed by atoms with Crippen LogP contribution in [0.15, 0.2) is 30.7 Å². The number of alkyl halides is 3. The molecule has 0 unspecified atom stereocenters. The standard InChI is InChI=1S/C23H28F3N5O/c1-21(2)8-16(9-22(3,4)20(21)32)31-18-7-19(29-12-14(18)10-27)30-13-15-11-28-6-5-17(15)23(24,25)26/h5-7,11-12,16,20,32H,8-9,13H2,1-4H3,(H2,29,30,31). The molecule has 2 aromatic heterocycles. The predicted molar refractivity (Wildman–Crippen MR) is 116 cm³/mol. The molecular weight excluding hydrogens is 419 g/mol. The topological polar surface area (TPSA) is 93.9 Å². The molecule has 1 aliphatic carbocycles. The van der Waals surface area contributed by atoms with Crippen LogP contribution < -0.4 is 10.6 Å². The fraction of sp³-hybridized carbons (Fsp3) is 0.522. The number of aromatic nitrogens is 2. The minimum Gasteiger partial charge on any atom is -0.392 e. The average molecular weight is 448 g/mol. The summed E-state index contributed by atoms with van der Waals surface area (Å²) in [6.45, 7) is 7.96. The number of hydrogen-bond acceptors (Lipinski definition) is 6. The molecule has 1 saturated carbocycles. The summed E-state index contributed by atoms with van der Waals surface area (Å²) in [6.07, 6.45) is 0.160. The maximum Gasteiger partial charge on any atom is 0.416 e. The molecule has 3 rings (SSSR count). The highest BCUT2D eigenvalue weighted by atomic mass is 19.4. The Kier molecular flexibility index (Phi) is 6.38. The van der Waals surface area contributed by atoms with E-state index in [9.17, 15) is 23.5 Å². The lowest BCUT2D eigenvalue weighted by molar-refractivity contribution is -0.138. The van der Waals surface area contributed by atoms with Crippen molar-refractivity contribution in [3.8, 4) is 6.07 Å².